The van der Waals surface area contributed by atoms with Crippen molar-refractivity contribution in [2.75, 3.05) is 13.1 Å². The zero-order valence-corrected chi connectivity index (χ0v) is 14.6. The molecule has 1 amide bonds. The maximum absolute atomic E-state index is 13.0. The summed E-state index contributed by atoms with van der Waals surface area (Å²) in [6, 6.07) is 5.16. The number of nitrogens with one attached hydrogen (secondary N) is 1. The molecule has 1 N–H and O–H groups in total. The second kappa shape index (κ2) is 6.80. The molecule has 2 saturated heterocycles. The van der Waals surface area contributed by atoms with Crippen molar-refractivity contribution in [3.8, 4) is 0 Å². The molecule has 2 aliphatic rings. The quantitative estimate of drug-likeness (QED) is 0.837. The minimum Gasteiger partial charge on any atom is -0.335 e. The lowest BCUT2D eigenvalue weighted by molar-refractivity contribution is -0.133. The molecule has 2 bridgehead atoms. The summed E-state index contributed by atoms with van der Waals surface area (Å²) in [7, 11) is -3.64. The van der Waals surface area contributed by atoms with Gasteiger partial charge in [0.15, 0.2) is 9.84 Å². The molecule has 0 radical (unpaired) electrons. The highest BCUT2D eigenvalue weighted by Gasteiger charge is 2.39. The molecule has 3 rings (SSSR count). The topological polar surface area (TPSA) is 66.5 Å². The van der Waals surface area contributed by atoms with E-state index in [0.29, 0.717) is 0 Å². The molecule has 3 atom stereocenters. The number of rotatable bonds is 4. The van der Waals surface area contributed by atoms with Crippen molar-refractivity contribution < 1.29 is 17.6 Å². The average molecular weight is 354 g/mol. The fraction of sp³-hybridized carbons (Fsp3) is 0.588. The van der Waals surface area contributed by atoms with Crippen LogP contribution in [-0.2, 0) is 14.6 Å². The second-order valence-corrected chi connectivity index (χ2v) is 9.06. The molecule has 0 saturated carbocycles. The van der Waals surface area contributed by atoms with Gasteiger partial charge in [-0.05, 0) is 57.0 Å². The predicted molar refractivity (Wildman–Crippen MR) is 88.8 cm³/mol. The largest absolute Gasteiger partial charge is 0.335 e. The molecule has 2 aliphatic heterocycles. The van der Waals surface area contributed by atoms with E-state index < -0.39 is 20.9 Å². The maximum Gasteiger partial charge on any atom is 0.224 e. The van der Waals surface area contributed by atoms with Gasteiger partial charge in [-0.25, -0.2) is 12.8 Å². The molecule has 3 unspecified atom stereocenters. The zero-order chi connectivity index (χ0) is 17.3. The van der Waals surface area contributed by atoms with Gasteiger partial charge in [0.1, 0.15) is 5.82 Å². The lowest BCUT2D eigenvalue weighted by Gasteiger charge is -2.29. The Balaban J connectivity index is 1.73. The molecule has 1 aromatic carbocycles. The van der Waals surface area contributed by atoms with Crippen LogP contribution in [0.4, 0.5) is 4.39 Å². The van der Waals surface area contributed by atoms with Crippen molar-refractivity contribution in [2.24, 2.45) is 0 Å². The Morgan fingerprint density at radius 3 is 2.62 bits per heavy atom. The highest BCUT2D eigenvalue weighted by molar-refractivity contribution is 7.92. The first-order valence-electron chi connectivity index (χ1n) is 8.41. The van der Waals surface area contributed by atoms with Gasteiger partial charge >= 0.3 is 0 Å². The second-order valence-electron chi connectivity index (χ2n) is 6.69. The Kier molecular flexibility index (Phi) is 4.92. The highest BCUT2D eigenvalue weighted by atomic mass is 32.2. The smallest absolute Gasteiger partial charge is 0.224 e. The van der Waals surface area contributed by atoms with Crippen LogP contribution in [0, 0.1) is 5.82 Å². The number of hydrogen-bond donors (Lipinski definition) is 1. The normalized spacial score (nSPS) is 25.3. The Bertz CT molecular complexity index is 691. The van der Waals surface area contributed by atoms with E-state index in [9.17, 15) is 17.6 Å². The maximum atomic E-state index is 13.0. The third kappa shape index (κ3) is 3.32. The van der Waals surface area contributed by atoms with Gasteiger partial charge in [-0.3, -0.25) is 4.79 Å². The molecule has 2 fully saturated rings. The summed E-state index contributed by atoms with van der Waals surface area (Å²) in [6.45, 7) is 3.23. The SMILES string of the molecule is CC(CC(=O)N1C2CCNCC1CC2)S(=O)(=O)c1ccc(F)cc1. The van der Waals surface area contributed by atoms with Crippen LogP contribution >= 0.6 is 0 Å². The number of nitrogens with zero attached hydrogens (tertiary/aromatic N) is 1. The molecule has 1 aromatic rings. The van der Waals surface area contributed by atoms with Crippen molar-refractivity contribution in [1.82, 2.24) is 10.2 Å². The van der Waals surface area contributed by atoms with Gasteiger partial charge in [-0.1, -0.05) is 0 Å². The van der Waals surface area contributed by atoms with E-state index in [-0.39, 0.29) is 29.3 Å². The first-order valence-corrected chi connectivity index (χ1v) is 9.95. The molecule has 24 heavy (non-hydrogen) atoms. The van der Waals surface area contributed by atoms with Gasteiger partial charge in [0.25, 0.3) is 0 Å². The van der Waals surface area contributed by atoms with E-state index in [0.717, 1.165) is 44.5 Å². The molecule has 5 nitrogen and oxygen atoms in total. The van der Waals surface area contributed by atoms with Gasteiger partial charge in [0, 0.05) is 25.0 Å². The number of carbonyl (C=O) groups excluding carboxylic acids is 1. The van der Waals surface area contributed by atoms with E-state index in [1.54, 1.807) is 6.92 Å². The lowest BCUT2D eigenvalue weighted by atomic mass is 10.1. The molecule has 132 valence electrons. The van der Waals surface area contributed by atoms with E-state index in [2.05, 4.69) is 5.32 Å². The minimum absolute atomic E-state index is 0.0350. The van der Waals surface area contributed by atoms with Crippen LogP contribution in [0.2, 0.25) is 0 Å². The number of hydrogen-bond acceptors (Lipinski definition) is 4. The van der Waals surface area contributed by atoms with Crippen molar-refractivity contribution in [1.29, 1.82) is 0 Å². The lowest BCUT2D eigenvalue weighted by Crippen LogP contribution is -2.44. The average Bonchev–Trinajstić information content (AvgIpc) is 2.80. The Morgan fingerprint density at radius 2 is 1.92 bits per heavy atom. The zero-order valence-electron chi connectivity index (χ0n) is 13.7. The molecule has 7 heteroatoms. The molecule has 0 aromatic heterocycles. The molecule has 2 heterocycles. The van der Waals surface area contributed by atoms with Crippen LogP contribution in [0.3, 0.4) is 0 Å². The molecular formula is C17H23FN2O3S. The summed E-state index contributed by atoms with van der Waals surface area (Å²) < 4.78 is 38.2. The number of sulfone groups is 1. The van der Waals surface area contributed by atoms with Gasteiger partial charge in [0.05, 0.1) is 10.1 Å². The van der Waals surface area contributed by atoms with Crippen molar-refractivity contribution >= 4 is 15.7 Å². The van der Waals surface area contributed by atoms with Crippen LogP contribution in [0.15, 0.2) is 29.2 Å². The fourth-order valence-electron chi connectivity index (χ4n) is 3.71. The van der Waals surface area contributed by atoms with Crippen LogP contribution in [0.1, 0.15) is 32.6 Å². The Hall–Kier alpha value is -1.47. The summed E-state index contributed by atoms with van der Waals surface area (Å²) in [6.07, 6.45) is 2.85. The standard InChI is InChI=1S/C17H23FN2O3S/c1-12(24(22,23)16-6-2-13(18)3-7-16)10-17(21)20-14-4-5-15(20)11-19-9-8-14/h2-3,6-7,12,14-15,19H,4-5,8-11H2,1H3. The van der Waals surface area contributed by atoms with E-state index in [4.69, 9.17) is 0 Å². The van der Waals surface area contributed by atoms with E-state index in [1.807, 2.05) is 4.90 Å². The van der Waals surface area contributed by atoms with E-state index >= 15 is 0 Å². The Labute approximate surface area is 142 Å². The number of halogens is 1. The van der Waals surface area contributed by atoms with Crippen molar-refractivity contribution in [3.05, 3.63) is 30.1 Å². The summed E-state index contributed by atoms with van der Waals surface area (Å²) in [5.74, 6) is -0.573. The Morgan fingerprint density at radius 1 is 1.25 bits per heavy atom. The first kappa shape index (κ1) is 17.4. The molecule has 0 aliphatic carbocycles. The van der Waals surface area contributed by atoms with Gasteiger partial charge < -0.3 is 10.2 Å². The fourth-order valence-corrected chi connectivity index (χ4v) is 5.05. The van der Waals surface area contributed by atoms with E-state index in [1.165, 1.54) is 12.1 Å². The number of amides is 1. The summed E-state index contributed by atoms with van der Waals surface area (Å²) >= 11 is 0. The number of benzene rings is 1. The van der Waals surface area contributed by atoms with Crippen LogP contribution < -0.4 is 5.32 Å². The summed E-state index contributed by atoms with van der Waals surface area (Å²) in [5.41, 5.74) is 0. The van der Waals surface area contributed by atoms with Crippen LogP contribution in [0.5, 0.6) is 0 Å². The summed E-state index contributed by atoms with van der Waals surface area (Å²) in [5, 5.41) is 2.50. The van der Waals surface area contributed by atoms with Crippen LogP contribution in [-0.4, -0.2) is 49.6 Å². The first-order chi connectivity index (χ1) is 11.4. The third-order valence-electron chi connectivity index (χ3n) is 5.08. The number of fused-ring (bicyclic) bond motifs is 2. The van der Waals surface area contributed by atoms with Crippen molar-refractivity contribution in [2.45, 2.75) is 54.8 Å². The monoisotopic (exact) mass is 354 g/mol. The van der Waals surface area contributed by atoms with Gasteiger partial charge in [0.2, 0.25) is 5.91 Å². The summed E-state index contributed by atoms with van der Waals surface area (Å²) in [4.78, 5) is 14.7. The van der Waals surface area contributed by atoms with Crippen molar-refractivity contribution in [3.63, 3.8) is 0 Å². The highest BCUT2D eigenvalue weighted by Crippen LogP contribution is 2.29. The molecular weight excluding hydrogens is 331 g/mol. The molecule has 0 spiro atoms. The minimum atomic E-state index is -3.64. The number of carbonyl (C=O) groups is 1. The third-order valence-corrected chi connectivity index (χ3v) is 7.23. The van der Waals surface area contributed by atoms with Gasteiger partial charge in [-0.2, -0.15) is 0 Å². The van der Waals surface area contributed by atoms with Gasteiger partial charge in [-0.15, -0.1) is 0 Å². The van der Waals surface area contributed by atoms with Crippen LogP contribution in [0.25, 0.3) is 0 Å². The predicted octanol–water partition coefficient (Wildman–Crippen LogP) is 1.73.